The molecule has 0 aromatic heterocycles. The highest BCUT2D eigenvalue weighted by Crippen LogP contribution is 2.30. The molecule has 0 aliphatic rings. The number of rotatable bonds is 4. The molecule has 0 saturated carbocycles. The summed E-state index contributed by atoms with van der Waals surface area (Å²) in [5, 5.41) is 0. The average molecular weight is 236 g/mol. The highest BCUT2D eigenvalue weighted by atomic mass is 19.1. The minimum atomic E-state index is -0.194. The third-order valence-electron chi connectivity index (χ3n) is 2.97. The van der Waals surface area contributed by atoms with Crippen LogP contribution < -0.4 is 0 Å². The quantitative estimate of drug-likeness (QED) is 0.765. The lowest BCUT2D eigenvalue weighted by Crippen LogP contribution is -2.10. The van der Waals surface area contributed by atoms with E-state index in [0.717, 1.165) is 11.1 Å². The molecule has 94 valence electrons. The predicted molar refractivity (Wildman–Crippen MR) is 69.0 cm³/mol. The number of benzene rings is 1. The van der Waals surface area contributed by atoms with Crippen LogP contribution in [0.3, 0.4) is 0 Å². The molecule has 0 aliphatic carbocycles. The monoisotopic (exact) mass is 236 g/mol. The van der Waals surface area contributed by atoms with E-state index in [1.54, 1.807) is 6.92 Å². The second-order valence-electron chi connectivity index (χ2n) is 5.22. The Morgan fingerprint density at radius 1 is 1.18 bits per heavy atom. The van der Waals surface area contributed by atoms with Gasteiger partial charge in [0.2, 0.25) is 0 Å². The van der Waals surface area contributed by atoms with Crippen molar-refractivity contribution in [2.45, 2.75) is 52.9 Å². The minimum absolute atomic E-state index is 0.0828. The molecule has 0 spiro atoms. The number of Topliss-reactive ketones (excluding diaryl/α,β-unsaturated/α-hetero) is 1. The molecule has 2 heteroatoms. The predicted octanol–water partition coefficient (Wildman–Crippen LogP) is 4.20. The molecule has 0 fully saturated rings. The Bertz CT molecular complexity index is 419. The van der Waals surface area contributed by atoms with Crippen molar-refractivity contribution in [1.29, 1.82) is 0 Å². The molecule has 0 saturated heterocycles. The molecule has 0 atom stereocenters. The van der Waals surface area contributed by atoms with Gasteiger partial charge in [0.25, 0.3) is 0 Å². The molecule has 0 bridgehead atoms. The van der Waals surface area contributed by atoms with E-state index in [2.05, 4.69) is 13.8 Å². The van der Waals surface area contributed by atoms with Crippen molar-refractivity contribution in [3.63, 3.8) is 0 Å². The van der Waals surface area contributed by atoms with Gasteiger partial charge in [0.05, 0.1) is 0 Å². The van der Waals surface area contributed by atoms with Crippen molar-refractivity contribution in [2.75, 3.05) is 0 Å². The summed E-state index contributed by atoms with van der Waals surface area (Å²) in [7, 11) is 0. The van der Waals surface area contributed by atoms with Crippen molar-refractivity contribution >= 4 is 5.78 Å². The van der Waals surface area contributed by atoms with Gasteiger partial charge in [-0.05, 0) is 41.5 Å². The maximum Gasteiger partial charge on any atom is 0.134 e. The SMILES string of the molecule is CC(=O)Cc1c(C(C)C)ccc(F)c1C(C)C. The van der Waals surface area contributed by atoms with Crippen molar-refractivity contribution < 1.29 is 9.18 Å². The van der Waals surface area contributed by atoms with Crippen LogP contribution in [0.1, 0.15) is 63.1 Å². The van der Waals surface area contributed by atoms with Gasteiger partial charge in [-0.15, -0.1) is 0 Å². The number of carbonyl (C=O) groups is 1. The Morgan fingerprint density at radius 3 is 2.18 bits per heavy atom. The Kier molecular flexibility index (Phi) is 4.44. The Labute approximate surface area is 103 Å². The van der Waals surface area contributed by atoms with Gasteiger partial charge in [-0.2, -0.15) is 0 Å². The first-order chi connectivity index (χ1) is 7.84. The van der Waals surface area contributed by atoms with E-state index < -0.39 is 0 Å². The molecule has 1 aromatic rings. The summed E-state index contributed by atoms with van der Waals surface area (Å²) in [5.74, 6) is 0.297. The van der Waals surface area contributed by atoms with Crippen LogP contribution in [0, 0.1) is 5.82 Å². The van der Waals surface area contributed by atoms with Crippen LogP contribution in [0.25, 0.3) is 0 Å². The zero-order chi connectivity index (χ0) is 13.2. The summed E-state index contributed by atoms with van der Waals surface area (Å²) in [6.45, 7) is 9.62. The first kappa shape index (κ1) is 13.9. The van der Waals surface area contributed by atoms with E-state index in [-0.39, 0.29) is 17.5 Å². The van der Waals surface area contributed by atoms with Gasteiger partial charge in [-0.3, -0.25) is 4.79 Å². The molecule has 0 radical (unpaired) electrons. The van der Waals surface area contributed by atoms with Gasteiger partial charge in [0.15, 0.2) is 0 Å². The lowest BCUT2D eigenvalue weighted by molar-refractivity contribution is -0.116. The summed E-state index contributed by atoms with van der Waals surface area (Å²) in [5.41, 5.74) is 2.68. The lowest BCUT2D eigenvalue weighted by atomic mass is 9.86. The van der Waals surface area contributed by atoms with Crippen LogP contribution in [-0.4, -0.2) is 5.78 Å². The fraction of sp³-hybridized carbons (Fsp3) is 0.533. The summed E-state index contributed by atoms with van der Waals surface area (Å²) < 4.78 is 13.9. The van der Waals surface area contributed by atoms with Gasteiger partial charge >= 0.3 is 0 Å². The fourth-order valence-electron chi connectivity index (χ4n) is 2.26. The van der Waals surface area contributed by atoms with Gasteiger partial charge in [-0.25, -0.2) is 4.39 Å². The molecule has 17 heavy (non-hydrogen) atoms. The Balaban J connectivity index is 3.43. The van der Waals surface area contributed by atoms with E-state index in [9.17, 15) is 9.18 Å². The van der Waals surface area contributed by atoms with Crippen LogP contribution in [-0.2, 0) is 11.2 Å². The minimum Gasteiger partial charge on any atom is -0.300 e. The van der Waals surface area contributed by atoms with E-state index in [4.69, 9.17) is 0 Å². The maximum absolute atomic E-state index is 13.9. The average Bonchev–Trinajstić information content (AvgIpc) is 2.15. The van der Waals surface area contributed by atoms with Crippen molar-refractivity contribution in [2.24, 2.45) is 0 Å². The van der Waals surface area contributed by atoms with E-state index in [1.165, 1.54) is 6.07 Å². The summed E-state index contributed by atoms with van der Waals surface area (Å²) >= 11 is 0. The molecule has 1 aromatic carbocycles. The van der Waals surface area contributed by atoms with E-state index in [1.807, 2.05) is 19.9 Å². The number of hydrogen-bond acceptors (Lipinski definition) is 1. The topological polar surface area (TPSA) is 17.1 Å². The van der Waals surface area contributed by atoms with Crippen LogP contribution in [0.4, 0.5) is 4.39 Å². The Morgan fingerprint density at radius 2 is 1.76 bits per heavy atom. The van der Waals surface area contributed by atoms with Crippen molar-refractivity contribution in [1.82, 2.24) is 0 Å². The molecular weight excluding hydrogens is 215 g/mol. The van der Waals surface area contributed by atoms with Crippen LogP contribution in [0.5, 0.6) is 0 Å². The molecule has 0 amide bonds. The molecule has 0 heterocycles. The van der Waals surface area contributed by atoms with Gasteiger partial charge < -0.3 is 0 Å². The van der Waals surface area contributed by atoms with E-state index >= 15 is 0 Å². The first-order valence-electron chi connectivity index (χ1n) is 6.15. The van der Waals surface area contributed by atoms with Crippen molar-refractivity contribution in [3.8, 4) is 0 Å². The third-order valence-corrected chi connectivity index (χ3v) is 2.97. The smallest absolute Gasteiger partial charge is 0.134 e. The van der Waals surface area contributed by atoms with Crippen LogP contribution in [0.2, 0.25) is 0 Å². The maximum atomic E-state index is 13.9. The third kappa shape index (κ3) is 3.15. The molecule has 1 rings (SSSR count). The second-order valence-corrected chi connectivity index (χ2v) is 5.22. The first-order valence-corrected chi connectivity index (χ1v) is 6.15. The van der Waals surface area contributed by atoms with Crippen LogP contribution >= 0.6 is 0 Å². The fourth-order valence-corrected chi connectivity index (χ4v) is 2.26. The highest BCUT2D eigenvalue weighted by molar-refractivity contribution is 5.79. The molecule has 0 N–H and O–H groups in total. The van der Waals surface area contributed by atoms with Gasteiger partial charge in [-0.1, -0.05) is 33.8 Å². The van der Waals surface area contributed by atoms with Crippen molar-refractivity contribution in [3.05, 3.63) is 34.6 Å². The zero-order valence-corrected chi connectivity index (χ0v) is 11.3. The molecular formula is C15H21FO. The van der Waals surface area contributed by atoms with E-state index in [0.29, 0.717) is 17.9 Å². The lowest BCUT2D eigenvalue weighted by Gasteiger charge is -2.19. The number of halogens is 1. The molecule has 0 aliphatic heterocycles. The number of ketones is 1. The van der Waals surface area contributed by atoms with Crippen LogP contribution in [0.15, 0.2) is 12.1 Å². The molecule has 0 unspecified atom stereocenters. The zero-order valence-electron chi connectivity index (χ0n) is 11.3. The Hall–Kier alpha value is -1.18. The van der Waals surface area contributed by atoms with Gasteiger partial charge in [0.1, 0.15) is 11.6 Å². The standard InChI is InChI=1S/C15H21FO/c1-9(2)12-6-7-14(16)15(10(3)4)13(12)8-11(5)17/h6-7,9-10H,8H2,1-5H3. The number of hydrogen-bond donors (Lipinski definition) is 0. The molecule has 1 nitrogen and oxygen atoms in total. The second kappa shape index (κ2) is 5.44. The van der Waals surface area contributed by atoms with Gasteiger partial charge in [0, 0.05) is 6.42 Å². The number of carbonyl (C=O) groups excluding carboxylic acids is 1. The normalized spacial score (nSPS) is 11.3. The summed E-state index contributed by atoms with van der Waals surface area (Å²) in [6, 6.07) is 3.33. The largest absolute Gasteiger partial charge is 0.300 e. The summed E-state index contributed by atoms with van der Waals surface area (Å²) in [6.07, 6.45) is 0.332. The summed E-state index contributed by atoms with van der Waals surface area (Å²) in [4.78, 5) is 11.4. The highest BCUT2D eigenvalue weighted by Gasteiger charge is 2.18.